The average molecular weight is 369 g/mol. The molecule has 1 heterocycles. The summed E-state index contributed by atoms with van der Waals surface area (Å²) in [6, 6.07) is 20.0. The second-order valence-corrected chi connectivity index (χ2v) is 5.91. The summed E-state index contributed by atoms with van der Waals surface area (Å²) in [5.74, 6) is 1.37. The maximum atomic E-state index is 4.58. The van der Waals surface area contributed by atoms with Gasteiger partial charge in [-0.2, -0.15) is 4.98 Å². The zero-order chi connectivity index (χ0) is 16.1. The van der Waals surface area contributed by atoms with Crippen molar-refractivity contribution in [2.24, 2.45) is 0 Å². The summed E-state index contributed by atoms with van der Waals surface area (Å²) < 4.78 is 1.02. The highest BCUT2D eigenvalue weighted by Crippen LogP contribution is 2.24. The summed E-state index contributed by atoms with van der Waals surface area (Å²) in [6.45, 7) is 2.80. The zero-order valence-corrected chi connectivity index (χ0v) is 14.3. The van der Waals surface area contributed by atoms with Gasteiger partial charge in [-0.15, -0.1) is 0 Å². The Morgan fingerprint density at radius 3 is 2.52 bits per heavy atom. The van der Waals surface area contributed by atoms with Gasteiger partial charge in [-0.3, -0.25) is 0 Å². The van der Waals surface area contributed by atoms with Crippen LogP contribution in [0, 0.1) is 0 Å². The maximum absolute atomic E-state index is 4.58. The number of rotatable bonds is 5. The van der Waals surface area contributed by atoms with E-state index in [-0.39, 0.29) is 0 Å². The summed E-state index contributed by atoms with van der Waals surface area (Å²) in [5.41, 5.74) is 2.92. The van der Waals surface area contributed by atoms with E-state index in [1.165, 1.54) is 0 Å². The highest BCUT2D eigenvalue weighted by atomic mass is 79.9. The number of nitrogens with zero attached hydrogens (tertiary/aromatic N) is 2. The van der Waals surface area contributed by atoms with E-state index in [0.29, 0.717) is 5.95 Å². The van der Waals surface area contributed by atoms with Gasteiger partial charge in [0, 0.05) is 28.3 Å². The Morgan fingerprint density at radius 1 is 0.957 bits per heavy atom. The van der Waals surface area contributed by atoms with Crippen molar-refractivity contribution in [2.45, 2.75) is 6.92 Å². The number of anilines is 3. The summed E-state index contributed by atoms with van der Waals surface area (Å²) in [6.07, 6.45) is 0. The van der Waals surface area contributed by atoms with Crippen LogP contribution < -0.4 is 10.6 Å². The van der Waals surface area contributed by atoms with Gasteiger partial charge in [0.15, 0.2) is 0 Å². The SMILES string of the molecule is CCNc1nc(Nc2cccc(Br)c2)cc(-c2ccccc2)n1. The number of hydrogen-bond acceptors (Lipinski definition) is 4. The lowest BCUT2D eigenvalue weighted by molar-refractivity contribution is 1.09. The molecule has 0 aliphatic carbocycles. The van der Waals surface area contributed by atoms with Gasteiger partial charge in [0.1, 0.15) is 5.82 Å². The minimum absolute atomic E-state index is 0.617. The van der Waals surface area contributed by atoms with E-state index in [1.807, 2.05) is 67.6 Å². The first-order valence-corrected chi connectivity index (χ1v) is 8.25. The molecule has 5 heteroatoms. The minimum Gasteiger partial charge on any atom is -0.354 e. The van der Waals surface area contributed by atoms with E-state index in [2.05, 4.69) is 36.5 Å². The Balaban J connectivity index is 1.97. The molecule has 1 aromatic heterocycles. The molecule has 116 valence electrons. The van der Waals surface area contributed by atoms with Crippen molar-refractivity contribution in [3.05, 3.63) is 65.1 Å². The molecule has 0 radical (unpaired) electrons. The Kier molecular flexibility index (Phi) is 4.88. The number of benzene rings is 2. The van der Waals surface area contributed by atoms with Crippen molar-refractivity contribution < 1.29 is 0 Å². The summed E-state index contributed by atoms with van der Waals surface area (Å²) >= 11 is 3.48. The van der Waals surface area contributed by atoms with E-state index in [9.17, 15) is 0 Å². The first-order chi connectivity index (χ1) is 11.2. The lowest BCUT2D eigenvalue weighted by Crippen LogP contribution is -2.05. The fourth-order valence-corrected chi connectivity index (χ4v) is 2.62. The van der Waals surface area contributed by atoms with E-state index in [1.54, 1.807) is 0 Å². The van der Waals surface area contributed by atoms with Crippen LogP contribution in [0.2, 0.25) is 0 Å². The molecule has 0 amide bonds. The van der Waals surface area contributed by atoms with Gasteiger partial charge in [0.25, 0.3) is 0 Å². The molecule has 0 saturated carbocycles. The first-order valence-electron chi connectivity index (χ1n) is 7.45. The molecular formula is C18H17BrN4. The van der Waals surface area contributed by atoms with Gasteiger partial charge < -0.3 is 10.6 Å². The maximum Gasteiger partial charge on any atom is 0.225 e. The summed E-state index contributed by atoms with van der Waals surface area (Å²) in [4.78, 5) is 9.11. The van der Waals surface area contributed by atoms with Crippen LogP contribution in [0.15, 0.2) is 65.1 Å². The largest absolute Gasteiger partial charge is 0.354 e. The average Bonchev–Trinajstić information content (AvgIpc) is 2.56. The molecule has 0 bridgehead atoms. The van der Waals surface area contributed by atoms with Crippen LogP contribution in [0.3, 0.4) is 0 Å². The molecule has 0 aliphatic heterocycles. The molecule has 0 aliphatic rings. The van der Waals surface area contributed by atoms with Gasteiger partial charge >= 0.3 is 0 Å². The molecule has 0 atom stereocenters. The third kappa shape index (κ3) is 4.07. The number of aromatic nitrogens is 2. The quantitative estimate of drug-likeness (QED) is 0.658. The van der Waals surface area contributed by atoms with Crippen molar-refractivity contribution in [1.29, 1.82) is 0 Å². The smallest absolute Gasteiger partial charge is 0.225 e. The molecule has 2 aromatic carbocycles. The molecule has 0 fully saturated rings. The van der Waals surface area contributed by atoms with Crippen molar-refractivity contribution in [2.75, 3.05) is 17.2 Å². The molecular weight excluding hydrogens is 352 g/mol. The van der Waals surface area contributed by atoms with Gasteiger partial charge in [0.2, 0.25) is 5.95 Å². The molecule has 2 N–H and O–H groups in total. The second-order valence-electron chi connectivity index (χ2n) is 4.99. The topological polar surface area (TPSA) is 49.8 Å². The third-order valence-electron chi connectivity index (χ3n) is 3.23. The van der Waals surface area contributed by atoms with Crippen LogP contribution in [-0.4, -0.2) is 16.5 Å². The normalized spacial score (nSPS) is 10.3. The van der Waals surface area contributed by atoms with E-state index in [0.717, 1.165) is 33.8 Å². The summed E-state index contributed by atoms with van der Waals surface area (Å²) in [7, 11) is 0. The van der Waals surface area contributed by atoms with Crippen molar-refractivity contribution in [1.82, 2.24) is 9.97 Å². The number of halogens is 1. The predicted octanol–water partition coefficient (Wildman–Crippen LogP) is 5.08. The Bertz CT molecular complexity index is 790. The van der Waals surface area contributed by atoms with Crippen LogP contribution in [0.5, 0.6) is 0 Å². The molecule has 0 saturated heterocycles. The van der Waals surface area contributed by atoms with Crippen LogP contribution in [0.4, 0.5) is 17.5 Å². The van der Waals surface area contributed by atoms with Crippen LogP contribution >= 0.6 is 15.9 Å². The molecule has 23 heavy (non-hydrogen) atoms. The Hall–Kier alpha value is -2.40. The van der Waals surface area contributed by atoms with Crippen LogP contribution in [0.1, 0.15) is 6.92 Å². The van der Waals surface area contributed by atoms with Gasteiger partial charge in [-0.25, -0.2) is 4.98 Å². The Morgan fingerprint density at radius 2 is 1.78 bits per heavy atom. The highest BCUT2D eigenvalue weighted by Gasteiger charge is 2.07. The fraction of sp³-hybridized carbons (Fsp3) is 0.111. The van der Waals surface area contributed by atoms with E-state index >= 15 is 0 Å². The van der Waals surface area contributed by atoms with Crippen molar-refractivity contribution >= 4 is 33.4 Å². The lowest BCUT2D eigenvalue weighted by Gasteiger charge is -2.11. The minimum atomic E-state index is 0.617. The first kappa shape index (κ1) is 15.5. The molecule has 0 spiro atoms. The van der Waals surface area contributed by atoms with E-state index < -0.39 is 0 Å². The molecule has 0 unspecified atom stereocenters. The summed E-state index contributed by atoms with van der Waals surface area (Å²) in [5, 5.41) is 6.52. The third-order valence-corrected chi connectivity index (χ3v) is 3.72. The van der Waals surface area contributed by atoms with Gasteiger partial charge in [0.05, 0.1) is 5.69 Å². The zero-order valence-electron chi connectivity index (χ0n) is 12.8. The second kappa shape index (κ2) is 7.24. The van der Waals surface area contributed by atoms with Gasteiger partial charge in [-0.05, 0) is 25.1 Å². The number of nitrogens with one attached hydrogen (secondary N) is 2. The van der Waals surface area contributed by atoms with Crippen LogP contribution in [0.25, 0.3) is 11.3 Å². The van der Waals surface area contributed by atoms with Gasteiger partial charge in [-0.1, -0.05) is 52.3 Å². The van der Waals surface area contributed by atoms with E-state index in [4.69, 9.17) is 0 Å². The monoisotopic (exact) mass is 368 g/mol. The Labute approximate surface area is 144 Å². The molecule has 3 aromatic rings. The highest BCUT2D eigenvalue weighted by molar-refractivity contribution is 9.10. The molecule has 4 nitrogen and oxygen atoms in total. The predicted molar refractivity (Wildman–Crippen MR) is 99.1 cm³/mol. The molecule has 3 rings (SSSR count). The van der Waals surface area contributed by atoms with Crippen molar-refractivity contribution in [3.8, 4) is 11.3 Å². The lowest BCUT2D eigenvalue weighted by atomic mass is 10.1. The van der Waals surface area contributed by atoms with Crippen LogP contribution in [-0.2, 0) is 0 Å². The fourth-order valence-electron chi connectivity index (χ4n) is 2.22. The van der Waals surface area contributed by atoms with Crippen molar-refractivity contribution in [3.63, 3.8) is 0 Å². The number of hydrogen-bond donors (Lipinski definition) is 2. The standard InChI is InChI=1S/C18H17BrN4/c1-2-20-18-22-16(13-7-4-3-5-8-13)12-17(23-18)21-15-10-6-9-14(19)11-15/h3-12H,2H2,1H3,(H2,20,21,22,23).